The van der Waals surface area contributed by atoms with E-state index in [0.29, 0.717) is 30.2 Å². The number of benzene rings is 1. The highest BCUT2D eigenvalue weighted by atomic mass is 35.5. The van der Waals surface area contributed by atoms with E-state index in [1.165, 1.54) is 49.7 Å². The molecule has 3 aliphatic rings. The molecular formula is C23H35ClN2O2. The Bertz CT molecular complexity index is 654. The third-order valence-corrected chi connectivity index (χ3v) is 6.88. The number of hydrogen-bond donors (Lipinski definition) is 1. The van der Waals surface area contributed by atoms with Crippen LogP contribution in [0.5, 0.6) is 5.75 Å². The summed E-state index contributed by atoms with van der Waals surface area (Å²) in [6.07, 6.45) is 8.98. The molecule has 5 heteroatoms. The summed E-state index contributed by atoms with van der Waals surface area (Å²) in [5, 5.41) is 3.44. The first-order valence-corrected chi connectivity index (χ1v) is 11.0. The summed E-state index contributed by atoms with van der Waals surface area (Å²) in [6.45, 7) is 6.04. The first-order chi connectivity index (χ1) is 13.2. The smallest absolute Gasteiger partial charge is 0.223 e. The van der Waals surface area contributed by atoms with Crippen LogP contribution in [0.2, 0.25) is 0 Å². The number of fused-ring (bicyclic) bond motifs is 1. The van der Waals surface area contributed by atoms with Crippen molar-refractivity contribution < 1.29 is 9.53 Å². The molecule has 0 spiro atoms. The second-order valence-electron chi connectivity index (χ2n) is 8.77. The average Bonchev–Trinajstić information content (AvgIpc) is 3.38. The predicted octanol–water partition coefficient (Wildman–Crippen LogP) is 4.34. The van der Waals surface area contributed by atoms with Crippen molar-refractivity contribution in [2.75, 3.05) is 19.7 Å². The van der Waals surface area contributed by atoms with E-state index in [0.717, 1.165) is 38.4 Å². The molecule has 1 N–H and O–H groups in total. The minimum Gasteiger partial charge on any atom is -0.493 e. The van der Waals surface area contributed by atoms with E-state index in [9.17, 15) is 4.79 Å². The van der Waals surface area contributed by atoms with Crippen molar-refractivity contribution in [2.24, 2.45) is 11.8 Å². The van der Waals surface area contributed by atoms with E-state index < -0.39 is 0 Å². The Balaban J connectivity index is 0.00000225. The van der Waals surface area contributed by atoms with Crippen LogP contribution in [-0.2, 0) is 17.8 Å². The summed E-state index contributed by atoms with van der Waals surface area (Å²) in [6, 6.07) is 6.93. The summed E-state index contributed by atoms with van der Waals surface area (Å²) in [5.74, 6) is 2.57. The van der Waals surface area contributed by atoms with Gasteiger partial charge in [0.05, 0.1) is 6.61 Å². The Labute approximate surface area is 175 Å². The molecule has 4 nitrogen and oxygen atoms in total. The van der Waals surface area contributed by atoms with Crippen LogP contribution in [0, 0.1) is 11.8 Å². The molecule has 1 aliphatic carbocycles. The van der Waals surface area contributed by atoms with E-state index in [2.05, 4.69) is 35.3 Å². The molecule has 1 unspecified atom stereocenters. The number of nitrogens with zero attached hydrogens (tertiary/aromatic N) is 1. The molecule has 2 heterocycles. The van der Waals surface area contributed by atoms with Crippen molar-refractivity contribution in [3.05, 3.63) is 29.3 Å². The highest BCUT2D eigenvalue weighted by Gasteiger charge is 2.30. The molecule has 1 amide bonds. The van der Waals surface area contributed by atoms with Gasteiger partial charge in [-0.25, -0.2) is 0 Å². The van der Waals surface area contributed by atoms with E-state index in [-0.39, 0.29) is 12.4 Å². The summed E-state index contributed by atoms with van der Waals surface area (Å²) in [4.78, 5) is 15.5. The number of amides is 1. The van der Waals surface area contributed by atoms with Gasteiger partial charge in [-0.15, -0.1) is 12.4 Å². The number of ether oxygens (including phenoxy) is 1. The highest BCUT2D eigenvalue weighted by molar-refractivity contribution is 5.85. The monoisotopic (exact) mass is 406 g/mol. The quantitative estimate of drug-likeness (QED) is 0.763. The van der Waals surface area contributed by atoms with Crippen molar-refractivity contribution in [2.45, 2.75) is 70.9 Å². The molecule has 2 aliphatic heterocycles. The zero-order valence-corrected chi connectivity index (χ0v) is 17.9. The average molecular weight is 407 g/mol. The second kappa shape index (κ2) is 9.98. The third-order valence-electron chi connectivity index (χ3n) is 6.88. The van der Waals surface area contributed by atoms with Crippen LogP contribution >= 0.6 is 12.4 Å². The lowest BCUT2D eigenvalue weighted by Gasteiger charge is -2.33. The molecule has 0 radical (unpaired) electrons. The Morgan fingerprint density at radius 1 is 1.21 bits per heavy atom. The first kappa shape index (κ1) is 21.4. The fourth-order valence-electron chi connectivity index (χ4n) is 5.14. The fourth-order valence-corrected chi connectivity index (χ4v) is 5.14. The van der Waals surface area contributed by atoms with Gasteiger partial charge < -0.3 is 15.0 Å². The molecule has 2 fully saturated rings. The maximum Gasteiger partial charge on any atom is 0.223 e. The molecular weight excluding hydrogens is 372 g/mol. The van der Waals surface area contributed by atoms with Gasteiger partial charge in [0.1, 0.15) is 5.75 Å². The van der Waals surface area contributed by atoms with Gasteiger partial charge in [-0.3, -0.25) is 4.79 Å². The third kappa shape index (κ3) is 5.01. The Kier molecular flexibility index (Phi) is 7.64. The van der Waals surface area contributed by atoms with E-state index in [1.807, 2.05) is 0 Å². The van der Waals surface area contributed by atoms with E-state index >= 15 is 0 Å². The van der Waals surface area contributed by atoms with Crippen LogP contribution in [0.25, 0.3) is 0 Å². The molecule has 0 aromatic heterocycles. The molecule has 28 heavy (non-hydrogen) atoms. The van der Waals surface area contributed by atoms with Crippen molar-refractivity contribution in [1.29, 1.82) is 0 Å². The number of hydrogen-bond acceptors (Lipinski definition) is 3. The van der Waals surface area contributed by atoms with Gasteiger partial charge in [0.25, 0.3) is 0 Å². The largest absolute Gasteiger partial charge is 0.493 e. The van der Waals surface area contributed by atoms with Gasteiger partial charge in [0.15, 0.2) is 0 Å². The number of rotatable bonds is 6. The lowest BCUT2D eigenvalue weighted by Crippen LogP contribution is -2.40. The molecule has 1 atom stereocenters. The molecule has 0 bridgehead atoms. The molecule has 1 saturated carbocycles. The lowest BCUT2D eigenvalue weighted by atomic mass is 9.84. The molecule has 156 valence electrons. The van der Waals surface area contributed by atoms with Crippen LogP contribution < -0.4 is 10.1 Å². The lowest BCUT2D eigenvalue weighted by molar-refractivity contribution is -0.135. The molecule has 1 aromatic carbocycles. The van der Waals surface area contributed by atoms with Crippen LogP contribution in [-0.4, -0.2) is 36.5 Å². The minimum atomic E-state index is 0. The topological polar surface area (TPSA) is 41.6 Å². The standard InChI is InChI=1S/C23H34N2O2.ClH/c1-17(19-8-11-24-12-9-19)14-23(26)25(21-4-2-3-5-21)16-18-6-7-22-20(15-18)10-13-27-22;/h6-7,15,17,19,21,24H,2-5,8-14,16H2,1H3;1H. The Morgan fingerprint density at radius 3 is 2.71 bits per heavy atom. The summed E-state index contributed by atoms with van der Waals surface area (Å²) in [5.41, 5.74) is 2.56. The van der Waals surface area contributed by atoms with Crippen LogP contribution in [0.1, 0.15) is 63.0 Å². The van der Waals surface area contributed by atoms with Crippen molar-refractivity contribution in [3.8, 4) is 5.75 Å². The number of piperidine rings is 1. The van der Waals surface area contributed by atoms with Crippen LogP contribution in [0.15, 0.2) is 18.2 Å². The van der Waals surface area contributed by atoms with Gasteiger partial charge >= 0.3 is 0 Å². The minimum absolute atomic E-state index is 0. The maximum absolute atomic E-state index is 13.3. The molecule has 4 rings (SSSR count). The van der Waals surface area contributed by atoms with Crippen molar-refractivity contribution in [3.63, 3.8) is 0 Å². The Hall–Kier alpha value is -1.26. The fraction of sp³-hybridized carbons (Fsp3) is 0.696. The number of carbonyl (C=O) groups excluding carboxylic acids is 1. The Morgan fingerprint density at radius 2 is 1.96 bits per heavy atom. The summed E-state index contributed by atoms with van der Waals surface area (Å²) >= 11 is 0. The van der Waals surface area contributed by atoms with Crippen LogP contribution in [0.4, 0.5) is 0 Å². The van der Waals surface area contributed by atoms with Gasteiger partial charge in [-0.05, 0) is 67.8 Å². The van der Waals surface area contributed by atoms with Crippen molar-refractivity contribution in [1.82, 2.24) is 10.2 Å². The highest BCUT2D eigenvalue weighted by Crippen LogP contribution is 2.31. The maximum atomic E-state index is 13.3. The van der Waals surface area contributed by atoms with E-state index in [1.54, 1.807) is 0 Å². The number of nitrogens with one attached hydrogen (secondary N) is 1. The zero-order valence-electron chi connectivity index (χ0n) is 17.1. The summed E-state index contributed by atoms with van der Waals surface area (Å²) < 4.78 is 5.64. The molecule has 1 saturated heterocycles. The first-order valence-electron chi connectivity index (χ1n) is 11.0. The van der Waals surface area contributed by atoms with Gasteiger partial charge in [0, 0.05) is 25.4 Å². The number of carbonyl (C=O) groups is 1. The predicted molar refractivity (Wildman–Crippen MR) is 115 cm³/mol. The zero-order chi connectivity index (χ0) is 18.6. The number of halogens is 1. The SMILES string of the molecule is CC(CC(=O)N(Cc1ccc2c(c1)CCO2)C1CCCC1)C1CCNCC1.Cl. The van der Waals surface area contributed by atoms with Crippen LogP contribution in [0.3, 0.4) is 0 Å². The normalized spacial score (nSPS) is 20.9. The second-order valence-corrected chi connectivity index (χ2v) is 8.77. The van der Waals surface area contributed by atoms with Gasteiger partial charge in [0.2, 0.25) is 5.91 Å². The molecule has 1 aromatic rings. The van der Waals surface area contributed by atoms with E-state index in [4.69, 9.17) is 4.74 Å². The van der Waals surface area contributed by atoms with Gasteiger partial charge in [-0.2, -0.15) is 0 Å². The summed E-state index contributed by atoms with van der Waals surface area (Å²) in [7, 11) is 0. The van der Waals surface area contributed by atoms with Gasteiger partial charge in [-0.1, -0.05) is 31.9 Å². The van der Waals surface area contributed by atoms with Crippen molar-refractivity contribution >= 4 is 18.3 Å².